The van der Waals surface area contributed by atoms with Crippen LogP contribution in [0, 0.1) is 0 Å². The molecule has 0 spiro atoms. The maximum Gasteiger partial charge on any atom is 0.206 e. The van der Waals surface area contributed by atoms with Crippen molar-refractivity contribution in [2.75, 3.05) is 10.0 Å². The maximum absolute atomic E-state index is 13.8. The monoisotopic (exact) mass is 658 g/mol. The molecule has 240 valence electrons. The Kier molecular flexibility index (Phi) is 8.11. The molecule has 0 N–H and O–H groups in total. The summed E-state index contributed by atoms with van der Waals surface area (Å²) < 4.78 is 27.5. The van der Waals surface area contributed by atoms with Crippen LogP contribution in [0.1, 0.15) is 47.2 Å². The summed E-state index contributed by atoms with van der Waals surface area (Å²) in [5.74, 6) is 0. The lowest BCUT2D eigenvalue weighted by atomic mass is 9.98. The van der Waals surface area contributed by atoms with Crippen molar-refractivity contribution >= 4 is 32.6 Å². The van der Waals surface area contributed by atoms with Gasteiger partial charge in [0.25, 0.3) is 0 Å². The lowest BCUT2D eigenvalue weighted by molar-refractivity contribution is 0.596. The van der Waals surface area contributed by atoms with Crippen molar-refractivity contribution in [1.82, 2.24) is 0 Å². The molecule has 0 saturated heterocycles. The fourth-order valence-electron chi connectivity index (χ4n) is 6.67. The molecular formula is C42H34N4O2S. The molecule has 2 heterocycles. The van der Waals surface area contributed by atoms with E-state index in [0.717, 1.165) is 33.9 Å². The second-order valence-electron chi connectivity index (χ2n) is 12.3. The Balaban J connectivity index is 1.03. The molecule has 2 aliphatic heterocycles. The molecule has 6 aromatic rings. The van der Waals surface area contributed by atoms with Crippen LogP contribution in [0.4, 0.5) is 11.4 Å². The molecule has 8 rings (SSSR count). The van der Waals surface area contributed by atoms with Crippen molar-refractivity contribution in [1.29, 1.82) is 0 Å². The molecule has 6 aromatic carbocycles. The van der Waals surface area contributed by atoms with E-state index in [2.05, 4.69) is 58.5 Å². The number of benzene rings is 6. The van der Waals surface area contributed by atoms with Crippen LogP contribution in [-0.2, 0) is 9.84 Å². The average molecular weight is 659 g/mol. The second kappa shape index (κ2) is 13.0. The minimum Gasteiger partial charge on any atom is -0.257 e. The Bertz CT molecular complexity index is 2070. The van der Waals surface area contributed by atoms with Gasteiger partial charge in [-0.2, -0.15) is 10.2 Å². The second-order valence-corrected chi connectivity index (χ2v) is 14.2. The van der Waals surface area contributed by atoms with Crippen molar-refractivity contribution < 1.29 is 8.42 Å². The molecule has 2 unspecified atom stereocenters. The molecule has 0 radical (unpaired) electrons. The quantitative estimate of drug-likeness (QED) is 0.164. The molecule has 0 saturated carbocycles. The number of hydrazone groups is 2. The normalized spacial score (nSPS) is 17.6. The van der Waals surface area contributed by atoms with E-state index in [1.54, 1.807) is 24.3 Å². The van der Waals surface area contributed by atoms with Gasteiger partial charge in [0.1, 0.15) is 0 Å². The smallest absolute Gasteiger partial charge is 0.206 e. The number of sulfone groups is 1. The minimum atomic E-state index is -3.74. The third-order valence-corrected chi connectivity index (χ3v) is 11.0. The summed E-state index contributed by atoms with van der Waals surface area (Å²) in [6.45, 7) is 0. The lowest BCUT2D eigenvalue weighted by Gasteiger charge is -2.23. The van der Waals surface area contributed by atoms with Crippen LogP contribution in [-0.4, -0.2) is 19.8 Å². The van der Waals surface area contributed by atoms with E-state index in [1.165, 1.54) is 11.1 Å². The van der Waals surface area contributed by atoms with Crippen molar-refractivity contribution in [3.63, 3.8) is 0 Å². The molecule has 0 aromatic heterocycles. The summed E-state index contributed by atoms with van der Waals surface area (Å²) in [6.07, 6.45) is 1.42. The number of hydrogen-bond acceptors (Lipinski definition) is 6. The van der Waals surface area contributed by atoms with Gasteiger partial charge < -0.3 is 0 Å². The van der Waals surface area contributed by atoms with Crippen LogP contribution in [0.2, 0.25) is 0 Å². The van der Waals surface area contributed by atoms with Gasteiger partial charge in [-0.15, -0.1) is 0 Å². The number of nitrogens with zero attached hydrogens (tertiary/aromatic N) is 4. The Morgan fingerprint density at radius 2 is 0.755 bits per heavy atom. The Labute approximate surface area is 287 Å². The van der Waals surface area contributed by atoms with E-state index in [1.807, 2.05) is 97.1 Å². The third-order valence-electron chi connectivity index (χ3n) is 9.23. The maximum atomic E-state index is 13.8. The summed E-state index contributed by atoms with van der Waals surface area (Å²) in [6, 6.07) is 55.3. The number of anilines is 2. The summed E-state index contributed by atoms with van der Waals surface area (Å²) >= 11 is 0. The Hall–Kier alpha value is -5.79. The van der Waals surface area contributed by atoms with Gasteiger partial charge in [0.15, 0.2) is 0 Å². The highest BCUT2D eigenvalue weighted by Gasteiger charge is 2.31. The van der Waals surface area contributed by atoms with Gasteiger partial charge in [-0.3, -0.25) is 10.0 Å². The molecule has 0 aliphatic carbocycles. The number of hydrogen-bond donors (Lipinski definition) is 0. The van der Waals surface area contributed by atoms with E-state index in [9.17, 15) is 8.42 Å². The molecule has 2 aliphatic rings. The van der Waals surface area contributed by atoms with E-state index < -0.39 is 9.84 Å². The van der Waals surface area contributed by atoms with Crippen LogP contribution < -0.4 is 10.0 Å². The van der Waals surface area contributed by atoms with E-state index in [0.29, 0.717) is 12.8 Å². The van der Waals surface area contributed by atoms with Crippen LogP contribution in [0.25, 0.3) is 0 Å². The number of para-hydroxylation sites is 2. The minimum absolute atomic E-state index is 0.0488. The van der Waals surface area contributed by atoms with Crippen LogP contribution in [0.15, 0.2) is 190 Å². The zero-order chi connectivity index (χ0) is 33.2. The highest BCUT2D eigenvalue weighted by Crippen LogP contribution is 2.38. The first-order valence-corrected chi connectivity index (χ1v) is 17.9. The Morgan fingerprint density at radius 1 is 0.429 bits per heavy atom. The van der Waals surface area contributed by atoms with Gasteiger partial charge in [-0.1, -0.05) is 121 Å². The summed E-state index contributed by atoms with van der Waals surface area (Å²) in [7, 11) is -3.74. The molecule has 0 amide bonds. The van der Waals surface area contributed by atoms with Crippen molar-refractivity contribution in [2.45, 2.75) is 34.7 Å². The summed E-state index contributed by atoms with van der Waals surface area (Å²) in [4.78, 5) is 0.499. The molecule has 0 fully saturated rings. The number of rotatable bonds is 8. The van der Waals surface area contributed by atoms with Crippen LogP contribution in [0.5, 0.6) is 0 Å². The van der Waals surface area contributed by atoms with Crippen molar-refractivity contribution in [3.8, 4) is 0 Å². The fraction of sp³-hybridized carbons (Fsp3) is 0.0952. The predicted octanol–water partition coefficient (Wildman–Crippen LogP) is 9.23. The van der Waals surface area contributed by atoms with E-state index >= 15 is 0 Å². The van der Waals surface area contributed by atoms with Crippen LogP contribution >= 0.6 is 0 Å². The summed E-state index contributed by atoms with van der Waals surface area (Å²) in [5, 5.41) is 14.2. The van der Waals surface area contributed by atoms with Gasteiger partial charge in [-0.25, -0.2) is 8.42 Å². The van der Waals surface area contributed by atoms with Crippen LogP contribution in [0.3, 0.4) is 0 Å². The lowest BCUT2D eigenvalue weighted by Crippen LogP contribution is -2.18. The van der Waals surface area contributed by atoms with Crippen molar-refractivity contribution in [2.24, 2.45) is 10.2 Å². The molecule has 6 nitrogen and oxygen atoms in total. The zero-order valence-electron chi connectivity index (χ0n) is 26.7. The highest BCUT2D eigenvalue weighted by atomic mass is 32.2. The van der Waals surface area contributed by atoms with Gasteiger partial charge >= 0.3 is 0 Å². The molecule has 7 heteroatoms. The standard InChI is InChI=1S/C42H34N4O2S/c47-49(48,37-25-21-31(22-26-37)39-29-41(33-13-5-1-6-14-33)45(43-39)35-17-9-3-10-18-35)38-27-23-32(24-28-38)40-30-42(34-15-7-2-8-16-34)46(44-40)36-19-11-4-12-20-36/h1-28,41-42H,29-30H2. The van der Waals surface area contributed by atoms with Gasteiger partial charge in [-0.05, 0) is 70.8 Å². The van der Waals surface area contributed by atoms with Gasteiger partial charge in [0.05, 0.1) is 44.7 Å². The first kappa shape index (κ1) is 30.5. The first-order valence-electron chi connectivity index (χ1n) is 16.4. The third kappa shape index (κ3) is 6.05. The highest BCUT2D eigenvalue weighted by molar-refractivity contribution is 7.91. The SMILES string of the molecule is O=S(=O)(c1ccc(C2=NN(c3ccccc3)C(c3ccccc3)C2)cc1)c1ccc(C2=NN(c3ccccc3)C(c3ccccc3)C2)cc1. The van der Waals surface area contributed by atoms with E-state index in [4.69, 9.17) is 10.2 Å². The molecule has 0 bridgehead atoms. The van der Waals surface area contributed by atoms with Gasteiger partial charge in [0, 0.05) is 12.8 Å². The molecular weight excluding hydrogens is 625 g/mol. The van der Waals surface area contributed by atoms with Gasteiger partial charge in [0.2, 0.25) is 9.84 Å². The first-order chi connectivity index (χ1) is 24.0. The van der Waals surface area contributed by atoms with E-state index in [-0.39, 0.29) is 21.9 Å². The fourth-order valence-corrected chi connectivity index (χ4v) is 7.93. The average Bonchev–Trinajstić information content (AvgIpc) is 3.83. The van der Waals surface area contributed by atoms with Crippen molar-refractivity contribution in [3.05, 3.63) is 192 Å². The summed E-state index contributed by atoms with van der Waals surface area (Å²) in [5.41, 5.74) is 8.04. The largest absolute Gasteiger partial charge is 0.257 e. The molecule has 2 atom stereocenters. The topological polar surface area (TPSA) is 65.3 Å². The Morgan fingerprint density at radius 3 is 1.10 bits per heavy atom. The molecule has 49 heavy (non-hydrogen) atoms. The predicted molar refractivity (Wildman–Crippen MR) is 197 cm³/mol. The zero-order valence-corrected chi connectivity index (χ0v) is 27.6.